The number of aromatic nitrogens is 2. The summed E-state index contributed by atoms with van der Waals surface area (Å²) in [5.41, 5.74) is -0.191. The molecule has 2 N–H and O–H groups in total. The summed E-state index contributed by atoms with van der Waals surface area (Å²) >= 11 is 0. The predicted molar refractivity (Wildman–Crippen MR) is 95.0 cm³/mol. The normalized spacial score (nSPS) is 13.9. The van der Waals surface area contributed by atoms with E-state index in [9.17, 15) is 21.6 Å². The average molecular weight is 405 g/mol. The third kappa shape index (κ3) is 5.08. The summed E-state index contributed by atoms with van der Waals surface area (Å²) in [6.07, 6.45) is -3.51. The summed E-state index contributed by atoms with van der Waals surface area (Å²) in [4.78, 5) is 0. The van der Waals surface area contributed by atoms with E-state index in [4.69, 9.17) is 5.11 Å². The lowest BCUT2D eigenvalue weighted by atomic mass is 10.0. The second-order valence-corrected chi connectivity index (χ2v) is 8.86. The summed E-state index contributed by atoms with van der Waals surface area (Å²) in [5.74, 6) is -0.121. The summed E-state index contributed by atoms with van der Waals surface area (Å²) in [7, 11) is -3.37. The Hall–Kier alpha value is -1.91. The van der Waals surface area contributed by atoms with Gasteiger partial charge in [-0.25, -0.2) is 17.8 Å². The topological polar surface area (TPSA) is 84.2 Å². The van der Waals surface area contributed by atoms with Gasteiger partial charge in [0.05, 0.1) is 17.5 Å². The van der Waals surface area contributed by atoms with Gasteiger partial charge in [-0.15, -0.1) is 0 Å². The molecule has 1 heterocycles. The lowest BCUT2D eigenvalue weighted by Gasteiger charge is -2.15. The number of benzene rings is 1. The molecule has 0 saturated carbocycles. The van der Waals surface area contributed by atoms with E-state index < -0.39 is 33.8 Å². The number of nitrogens with one attached hydrogen (secondary N) is 1. The van der Waals surface area contributed by atoms with Crippen molar-refractivity contribution < 1.29 is 26.7 Å². The fraction of sp³-hybridized carbons (Fsp3) is 0.471. The Labute approximate surface area is 156 Å². The van der Waals surface area contributed by atoms with Crippen LogP contribution in [0.15, 0.2) is 30.5 Å². The van der Waals surface area contributed by atoms with Crippen LogP contribution in [0, 0.1) is 0 Å². The van der Waals surface area contributed by atoms with Gasteiger partial charge in [0.15, 0.2) is 5.69 Å². The first-order chi connectivity index (χ1) is 12.5. The summed E-state index contributed by atoms with van der Waals surface area (Å²) < 4.78 is 66.0. The summed E-state index contributed by atoms with van der Waals surface area (Å²) in [6.45, 7) is 4.47. The molecular formula is C17H22F3N3O3S. The third-order valence-electron chi connectivity index (χ3n) is 4.17. The zero-order chi connectivity index (χ0) is 20.4. The molecule has 0 aliphatic carbocycles. The molecule has 0 amide bonds. The van der Waals surface area contributed by atoms with Crippen molar-refractivity contribution >= 4 is 10.0 Å². The van der Waals surface area contributed by atoms with Gasteiger partial charge in [0.2, 0.25) is 10.0 Å². The van der Waals surface area contributed by atoms with Gasteiger partial charge in [-0.2, -0.15) is 18.3 Å². The molecule has 1 atom stereocenters. The number of nitrogens with zero attached hydrogens (tertiary/aromatic N) is 2. The number of halogens is 3. The second kappa shape index (κ2) is 7.99. The molecule has 2 aromatic rings. The Balaban J connectivity index is 2.17. The Bertz CT molecular complexity index is 875. The van der Waals surface area contributed by atoms with Gasteiger partial charge in [-0.1, -0.05) is 19.1 Å². The maximum atomic E-state index is 12.9. The van der Waals surface area contributed by atoms with E-state index in [0.717, 1.165) is 16.4 Å². The van der Waals surface area contributed by atoms with E-state index in [2.05, 4.69) is 9.82 Å². The Morgan fingerprint density at radius 1 is 1.19 bits per heavy atom. The Kier molecular flexibility index (Phi) is 6.33. The SMILES string of the molecule is CC(C)S(=O)(=O)NC[C@H](C)c1ccc(-n2cc(CO)c(C(F)(F)F)n2)cc1. The lowest BCUT2D eigenvalue weighted by Crippen LogP contribution is -2.33. The number of alkyl halides is 3. The van der Waals surface area contributed by atoms with Gasteiger partial charge in [0, 0.05) is 18.3 Å². The first kappa shape index (κ1) is 21.4. The first-order valence-electron chi connectivity index (χ1n) is 8.31. The minimum atomic E-state index is -4.65. The van der Waals surface area contributed by atoms with Crippen molar-refractivity contribution in [1.82, 2.24) is 14.5 Å². The van der Waals surface area contributed by atoms with Gasteiger partial charge in [0.1, 0.15) is 0 Å². The monoisotopic (exact) mass is 405 g/mol. The van der Waals surface area contributed by atoms with Gasteiger partial charge in [0.25, 0.3) is 0 Å². The van der Waals surface area contributed by atoms with Crippen molar-refractivity contribution in [2.75, 3.05) is 6.54 Å². The zero-order valence-corrected chi connectivity index (χ0v) is 16.0. The van der Waals surface area contributed by atoms with Crippen LogP contribution >= 0.6 is 0 Å². The van der Waals surface area contributed by atoms with E-state index >= 15 is 0 Å². The summed E-state index contributed by atoms with van der Waals surface area (Å²) in [5, 5.41) is 12.1. The van der Waals surface area contributed by atoms with Crippen LogP contribution in [0.2, 0.25) is 0 Å². The fourth-order valence-corrected chi connectivity index (χ4v) is 3.19. The third-order valence-corrected chi connectivity index (χ3v) is 5.98. The minimum Gasteiger partial charge on any atom is -0.392 e. The molecule has 0 spiro atoms. The number of aliphatic hydroxyl groups is 1. The number of hydrogen-bond acceptors (Lipinski definition) is 4. The largest absolute Gasteiger partial charge is 0.435 e. The molecular weight excluding hydrogens is 383 g/mol. The van der Waals surface area contributed by atoms with Crippen molar-refractivity contribution in [3.63, 3.8) is 0 Å². The minimum absolute atomic E-state index is 0.121. The molecule has 0 aliphatic heterocycles. The highest BCUT2D eigenvalue weighted by atomic mass is 32.2. The van der Waals surface area contributed by atoms with Gasteiger partial charge in [-0.05, 0) is 37.5 Å². The molecule has 0 fully saturated rings. The Morgan fingerprint density at radius 3 is 2.22 bits per heavy atom. The van der Waals surface area contributed by atoms with Crippen LogP contribution in [0.5, 0.6) is 0 Å². The average Bonchev–Trinajstić information content (AvgIpc) is 3.04. The van der Waals surface area contributed by atoms with Crippen LogP contribution in [0.3, 0.4) is 0 Å². The molecule has 150 valence electrons. The maximum absolute atomic E-state index is 12.9. The fourth-order valence-electron chi connectivity index (χ4n) is 2.38. The number of aliphatic hydroxyl groups excluding tert-OH is 1. The number of rotatable bonds is 7. The van der Waals surface area contributed by atoms with Crippen LogP contribution < -0.4 is 4.72 Å². The standard InChI is InChI=1S/C17H22F3N3O3S/c1-11(2)27(25,26)21-8-12(3)13-4-6-15(7-5-13)23-9-14(10-24)16(22-23)17(18,19)20/h4-7,9,11-12,21,24H,8,10H2,1-3H3/t12-/m0/s1. The van der Waals surface area contributed by atoms with Crippen LogP contribution in [0.4, 0.5) is 13.2 Å². The van der Waals surface area contributed by atoms with Crippen molar-refractivity contribution in [2.24, 2.45) is 0 Å². The van der Waals surface area contributed by atoms with Crippen molar-refractivity contribution in [3.05, 3.63) is 47.3 Å². The Morgan fingerprint density at radius 2 is 1.78 bits per heavy atom. The molecule has 1 aromatic heterocycles. The molecule has 0 bridgehead atoms. The number of hydrogen-bond donors (Lipinski definition) is 2. The quantitative estimate of drug-likeness (QED) is 0.742. The second-order valence-electron chi connectivity index (χ2n) is 6.54. The highest BCUT2D eigenvalue weighted by Gasteiger charge is 2.37. The van der Waals surface area contributed by atoms with Gasteiger partial charge < -0.3 is 5.11 Å². The molecule has 27 heavy (non-hydrogen) atoms. The smallest absolute Gasteiger partial charge is 0.392 e. The molecule has 1 aromatic carbocycles. The summed E-state index contributed by atoms with van der Waals surface area (Å²) in [6, 6.07) is 6.60. The van der Waals surface area contributed by atoms with E-state index in [1.54, 1.807) is 38.1 Å². The lowest BCUT2D eigenvalue weighted by molar-refractivity contribution is -0.142. The van der Waals surface area contributed by atoms with E-state index in [1.807, 2.05) is 6.92 Å². The zero-order valence-electron chi connectivity index (χ0n) is 15.2. The molecule has 0 saturated heterocycles. The number of sulfonamides is 1. The molecule has 10 heteroatoms. The van der Waals surface area contributed by atoms with Crippen molar-refractivity contribution in [1.29, 1.82) is 0 Å². The van der Waals surface area contributed by atoms with Gasteiger partial charge >= 0.3 is 6.18 Å². The van der Waals surface area contributed by atoms with Crippen LogP contribution in [-0.4, -0.2) is 35.1 Å². The molecule has 0 aliphatic rings. The van der Waals surface area contributed by atoms with Crippen molar-refractivity contribution in [3.8, 4) is 5.69 Å². The molecule has 2 rings (SSSR count). The van der Waals surface area contributed by atoms with Crippen LogP contribution in [-0.2, 0) is 22.8 Å². The van der Waals surface area contributed by atoms with E-state index in [1.165, 1.54) is 0 Å². The van der Waals surface area contributed by atoms with Crippen LogP contribution in [0.1, 0.15) is 43.5 Å². The first-order valence-corrected chi connectivity index (χ1v) is 9.85. The van der Waals surface area contributed by atoms with E-state index in [-0.39, 0.29) is 18.0 Å². The van der Waals surface area contributed by atoms with Crippen molar-refractivity contribution in [2.45, 2.75) is 44.7 Å². The molecule has 0 radical (unpaired) electrons. The molecule has 6 nitrogen and oxygen atoms in total. The van der Waals surface area contributed by atoms with E-state index in [0.29, 0.717) is 5.69 Å². The molecule has 0 unspecified atom stereocenters. The highest BCUT2D eigenvalue weighted by molar-refractivity contribution is 7.90. The maximum Gasteiger partial charge on any atom is 0.435 e. The predicted octanol–water partition coefficient (Wildman–Crippen LogP) is 2.81. The van der Waals surface area contributed by atoms with Gasteiger partial charge in [-0.3, -0.25) is 0 Å². The highest BCUT2D eigenvalue weighted by Crippen LogP contribution is 2.31. The van der Waals surface area contributed by atoms with Crippen LogP contribution in [0.25, 0.3) is 5.69 Å².